The van der Waals surface area contributed by atoms with Gasteiger partial charge < -0.3 is 10.1 Å². The smallest absolute Gasteiger partial charge is 0.220 e. The van der Waals surface area contributed by atoms with Crippen molar-refractivity contribution >= 4 is 5.91 Å². The predicted octanol–water partition coefficient (Wildman–Crippen LogP) is 1.88. The van der Waals surface area contributed by atoms with E-state index in [1.165, 1.54) is 6.07 Å². The van der Waals surface area contributed by atoms with Gasteiger partial charge in [0, 0.05) is 31.6 Å². The number of fused-ring (bicyclic) bond motifs is 1. The summed E-state index contributed by atoms with van der Waals surface area (Å²) in [6.45, 7) is 4.55. The molecule has 2 saturated heterocycles. The van der Waals surface area contributed by atoms with Crippen molar-refractivity contribution in [2.75, 3.05) is 19.7 Å². The number of halogens is 2. The van der Waals surface area contributed by atoms with Crippen molar-refractivity contribution < 1.29 is 18.3 Å². The van der Waals surface area contributed by atoms with E-state index in [-0.39, 0.29) is 24.5 Å². The third-order valence-electron chi connectivity index (χ3n) is 4.58. The summed E-state index contributed by atoms with van der Waals surface area (Å²) >= 11 is 0. The van der Waals surface area contributed by atoms with Crippen LogP contribution in [0.15, 0.2) is 18.2 Å². The maximum absolute atomic E-state index is 13.1. The number of carbonyl (C=O) groups is 1. The molecule has 2 aliphatic rings. The van der Waals surface area contributed by atoms with E-state index < -0.39 is 11.6 Å². The largest absolute Gasteiger partial charge is 0.376 e. The van der Waals surface area contributed by atoms with Crippen LogP contribution < -0.4 is 5.32 Å². The van der Waals surface area contributed by atoms with Crippen LogP contribution in [0.4, 0.5) is 8.78 Å². The number of hydrogen-bond acceptors (Lipinski definition) is 3. The highest BCUT2D eigenvalue weighted by molar-refractivity contribution is 5.76. The fourth-order valence-corrected chi connectivity index (χ4v) is 3.40. The van der Waals surface area contributed by atoms with Crippen LogP contribution in [-0.2, 0) is 16.0 Å². The molecule has 126 valence electrons. The second-order valence-electron chi connectivity index (χ2n) is 6.50. The van der Waals surface area contributed by atoms with Crippen molar-refractivity contribution in [3.05, 3.63) is 35.4 Å². The summed E-state index contributed by atoms with van der Waals surface area (Å²) in [6.07, 6.45) is 1.83. The highest BCUT2D eigenvalue weighted by Gasteiger charge is 2.36. The van der Waals surface area contributed by atoms with E-state index in [1.54, 1.807) is 0 Å². The number of nitrogens with zero attached hydrogens (tertiary/aromatic N) is 1. The van der Waals surface area contributed by atoms with Gasteiger partial charge >= 0.3 is 0 Å². The Balaban J connectivity index is 1.45. The number of carbonyl (C=O) groups excluding carboxylic acids is 1. The fourth-order valence-electron chi connectivity index (χ4n) is 3.40. The van der Waals surface area contributed by atoms with Gasteiger partial charge in [0.05, 0.1) is 12.7 Å². The zero-order valence-electron chi connectivity index (χ0n) is 13.2. The van der Waals surface area contributed by atoms with Gasteiger partial charge in [0.25, 0.3) is 0 Å². The molecule has 23 heavy (non-hydrogen) atoms. The Morgan fingerprint density at radius 1 is 1.35 bits per heavy atom. The molecule has 6 heteroatoms. The van der Waals surface area contributed by atoms with E-state index in [2.05, 4.69) is 17.1 Å². The van der Waals surface area contributed by atoms with Crippen LogP contribution in [-0.4, -0.2) is 48.7 Å². The fraction of sp³-hybridized carbons (Fsp3) is 0.588. The first-order valence-electron chi connectivity index (χ1n) is 8.10. The standard InChI is InChI=1S/C17H22F2N2O2/c1-11-8-21-9-13(7-14(21)10-23-11)20-17(22)5-3-12-2-4-15(18)16(19)6-12/h2,4,6,11,13-14H,3,5,7-10H2,1H3,(H,20,22)/t11-,13+,14-/m0/s1. The average molecular weight is 324 g/mol. The lowest BCUT2D eigenvalue weighted by molar-refractivity contribution is -0.121. The molecule has 0 aliphatic carbocycles. The quantitative estimate of drug-likeness (QED) is 0.919. The van der Waals surface area contributed by atoms with Crippen LogP contribution in [0.2, 0.25) is 0 Å². The van der Waals surface area contributed by atoms with Crippen LogP contribution in [0.1, 0.15) is 25.3 Å². The molecule has 3 rings (SSSR count). The van der Waals surface area contributed by atoms with Gasteiger partial charge in [-0.2, -0.15) is 0 Å². The summed E-state index contributed by atoms with van der Waals surface area (Å²) in [5.74, 6) is -1.78. The molecule has 0 bridgehead atoms. The van der Waals surface area contributed by atoms with Crippen molar-refractivity contribution in [3.63, 3.8) is 0 Å². The molecule has 0 radical (unpaired) electrons. The minimum absolute atomic E-state index is 0.0476. The molecular formula is C17H22F2N2O2. The number of aryl methyl sites for hydroxylation is 1. The Morgan fingerprint density at radius 2 is 2.17 bits per heavy atom. The summed E-state index contributed by atoms with van der Waals surface area (Å²) < 4.78 is 31.7. The summed E-state index contributed by atoms with van der Waals surface area (Å²) in [7, 11) is 0. The number of benzene rings is 1. The molecule has 0 saturated carbocycles. The van der Waals surface area contributed by atoms with Crippen molar-refractivity contribution in [1.82, 2.24) is 10.2 Å². The summed E-state index contributed by atoms with van der Waals surface area (Å²) in [5.41, 5.74) is 0.630. The molecule has 2 aliphatic heterocycles. The summed E-state index contributed by atoms with van der Waals surface area (Å²) in [4.78, 5) is 14.4. The number of rotatable bonds is 4. The molecule has 0 unspecified atom stereocenters. The van der Waals surface area contributed by atoms with Gasteiger partial charge in [0.1, 0.15) is 0 Å². The number of amides is 1. The molecule has 0 aromatic heterocycles. The molecule has 0 spiro atoms. The average Bonchev–Trinajstić information content (AvgIpc) is 2.89. The van der Waals surface area contributed by atoms with E-state index in [0.717, 1.165) is 38.2 Å². The van der Waals surface area contributed by atoms with Crippen LogP contribution >= 0.6 is 0 Å². The molecule has 2 fully saturated rings. The lowest BCUT2D eigenvalue weighted by Gasteiger charge is -2.33. The van der Waals surface area contributed by atoms with E-state index in [0.29, 0.717) is 18.0 Å². The Morgan fingerprint density at radius 3 is 2.96 bits per heavy atom. The highest BCUT2D eigenvalue weighted by Crippen LogP contribution is 2.23. The van der Waals surface area contributed by atoms with Crippen LogP contribution in [0.25, 0.3) is 0 Å². The molecule has 3 atom stereocenters. The molecule has 4 nitrogen and oxygen atoms in total. The van der Waals surface area contributed by atoms with Crippen molar-refractivity contribution in [3.8, 4) is 0 Å². The van der Waals surface area contributed by atoms with Crippen molar-refractivity contribution in [2.45, 2.75) is 44.4 Å². The minimum atomic E-state index is -0.871. The lowest BCUT2D eigenvalue weighted by atomic mass is 10.1. The second-order valence-corrected chi connectivity index (χ2v) is 6.50. The van der Waals surface area contributed by atoms with Crippen LogP contribution in [0.3, 0.4) is 0 Å². The minimum Gasteiger partial charge on any atom is -0.376 e. The summed E-state index contributed by atoms with van der Waals surface area (Å²) in [6, 6.07) is 4.30. The molecule has 2 heterocycles. The molecule has 1 amide bonds. The van der Waals surface area contributed by atoms with Gasteiger partial charge in [-0.3, -0.25) is 9.69 Å². The SMILES string of the molecule is C[C@H]1CN2C[C@H](NC(=O)CCc3ccc(F)c(F)c3)C[C@H]2CO1. The number of hydrogen-bond donors (Lipinski definition) is 1. The number of nitrogens with one attached hydrogen (secondary N) is 1. The number of ether oxygens (including phenoxy) is 1. The topological polar surface area (TPSA) is 41.6 Å². The van der Waals surface area contributed by atoms with Gasteiger partial charge in [-0.1, -0.05) is 6.07 Å². The van der Waals surface area contributed by atoms with Gasteiger partial charge in [-0.15, -0.1) is 0 Å². The monoisotopic (exact) mass is 324 g/mol. The zero-order valence-corrected chi connectivity index (χ0v) is 13.2. The molecule has 1 aromatic rings. The predicted molar refractivity (Wildman–Crippen MR) is 82.0 cm³/mol. The van der Waals surface area contributed by atoms with Crippen LogP contribution in [0.5, 0.6) is 0 Å². The van der Waals surface area contributed by atoms with Gasteiger partial charge in [-0.05, 0) is 37.5 Å². The van der Waals surface area contributed by atoms with Gasteiger partial charge in [0.2, 0.25) is 5.91 Å². The van der Waals surface area contributed by atoms with E-state index in [9.17, 15) is 13.6 Å². The Kier molecular flexibility index (Phi) is 4.92. The summed E-state index contributed by atoms with van der Waals surface area (Å²) in [5, 5.41) is 3.04. The van der Waals surface area contributed by atoms with E-state index in [1.807, 2.05) is 0 Å². The maximum atomic E-state index is 13.1. The number of morpholine rings is 1. The Labute approximate surface area is 134 Å². The van der Waals surface area contributed by atoms with Crippen molar-refractivity contribution in [1.29, 1.82) is 0 Å². The third kappa shape index (κ3) is 4.06. The van der Waals surface area contributed by atoms with Gasteiger partial charge in [-0.25, -0.2) is 8.78 Å². The first-order valence-corrected chi connectivity index (χ1v) is 8.10. The highest BCUT2D eigenvalue weighted by atomic mass is 19.2. The van der Waals surface area contributed by atoms with Gasteiger partial charge in [0.15, 0.2) is 11.6 Å². The van der Waals surface area contributed by atoms with E-state index in [4.69, 9.17) is 4.74 Å². The first-order chi connectivity index (χ1) is 11.0. The van der Waals surface area contributed by atoms with Crippen molar-refractivity contribution in [2.24, 2.45) is 0 Å². The normalized spacial score (nSPS) is 27.7. The second kappa shape index (κ2) is 6.93. The zero-order chi connectivity index (χ0) is 16.4. The van der Waals surface area contributed by atoms with Crippen LogP contribution in [0, 0.1) is 11.6 Å². The Bertz CT molecular complexity index is 582. The third-order valence-corrected chi connectivity index (χ3v) is 4.58. The van der Waals surface area contributed by atoms with E-state index >= 15 is 0 Å². The maximum Gasteiger partial charge on any atom is 0.220 e. The lowest BCUT2D eigenvalue weighted by Crippen LogP contribution is -2.45. The molecular weight excluding hydrogens is 302 g/mol. The molecule has 1 aromatic carbocycles. The Hall–Kier alpha value is -1.53. The molecule has 1 N–H and O–H groups in total. The first kappa shape index (κ1) is 16.3.